The van der Waals surface area contributed by atoms with Crippen molar-refractivity contribution in [2.45, 2.75) is 19.9 Å². The first-order chi connectivity index (χ1) is 8.93. The minimum atomic E-state index is -0.744. The quantitative estimate of drug-likeness (QED) is 0.734. The maximum absolute atomic E-state index is 11.7. The van der Waals surface area contributed by atoms with Crippen molar-refractivity contribution in [3.8, 4) is 6.07 Å². The molecule has 0 bridgehead atoms. The molecule has 3 amide bonds. The molecule has 0 saturated carbocycles. The van der Waals surface area contributed by atoms with E-state index in [2.05, 4.69) is 15.6 Å². The predicted octanol–water partition coefficient (Wildman–Crippen LogP) is 0.585. The van der Waals surface area contributed by atoms with Crippen LogP contribution in [0.25, 0.3) is 0 Å². The predicted molar refractivity (Wildman–Crippen MR) is 68.9 cm³/mol. The Morgan fingerprint density at radius 3 is 2.53 bits per heavy atom. The Balaban J connectivity index is 2.64. The van der Waals surface area contributed by atoms with Gasteiger partial charge in [0, 0.05) is 0 Å². The molecule has 7 nitrogen and oxygen atoms in total. The summed E-state index contributed by atoms with van der Waals surface area (Å²) in [6.07, 6.45) is 1.35. The third-order valence-corrected chi connectivity index (χ3v) is 2.40. The average molecular weight is 261 g/mol. The average Bonchev–Trinajstić information content (AvgIpc) is 2.36. The number of anilines is 1. The van der Waals surface area contributed by atoms with Gasteiger partial charge in [0.05, 0.1) is 11.9 Å². The van der Waals surface area contributed by atoms with Crippen LogP contribution in [0, 0.1) is 17.2 Å². The molecule has 0 aromatic carbocycles. The summed E-state index contributed by atoms with van der Waals surface area (Å²) in [7, 11) is 0. The number of pyridine rings is 1. The highest BCUT2D eigenvalue weighted by Gasteiger charge is 2.21. The number of nitrogens with zero attached hydrogens (tertiary/aromatic N) is 2. The summed E-state index contributed by atoms with van der Waals surface area (Å²) in [6.45, 7) is 3.55. The molecule has 100 valence electrons. The fourth-order valence-corrected chi connectivity index (χ4v) is 1.41. The first kappa shape index (κ1) is 14.4. The molecule has 19 heavy (non-hydrogen) atoms. The third-order valence-electron chi connectivity index (χ3n) is 2.40. The van der Waals surface area contributed by atoms with Crippen LogP contribution in [0.1, 0.15) is 19.5 Å². The Morgan fingerprint density at radius 1 is 1.42 bits per heavy atom. The zero-order valence-electron chi connectivity index (χ0n) is 10.7. The molecule has 1 rings (SSSR count). The van der Waals surface area contributed by atoms with Gasteiger partial charge in [-0.1, -0.05) is 13.8 Å². The monoisotopic (exact) mass is 261 g/mol. The van der Waals surface area contributed by atoms with E-state index in [0.29, 0.717) is 5.69 Å². The normalized spacial score (nSPS) is 11.5. The maximum Gasteiger partial charge on any atom is 0.319 e. The highest BCUT2D eigenvalue weighted by Crippen LogP contribution is 2.06. The number of nitrogens with two attached hydrogens (primary N) is 1. The smallest absolute Gasteiger partial charge is 0.319 e. The van der Waals surface area contributed by atoms with E-state index in [1.807, 2.05) is 6.07 Å². The highest BCUT2D eigenvalue weighted by atomic mass is 16.2. The van der Waals surface area contributed by atoms with Crippen LogP contribution >= 0.6 is 0 Å². The van der Waals surface area contributed by atoms with Gasteiger partial charge in [-0.2, -0.15) is 5.26 Å². The molecule has 1 atom stereocenters. The van der Waals surface area contributed by atoms with Crippen molar-refractivity contribution < 1.29 is 9.59 Å². The van der Waals surface area contributed by atoms with Gasteiger partial charge >= 0.3 is 6.03 Å². The lowest BCUT2D eigenvalue weighted by atomic mass is 10.0. The number of carbonyl (C=O) groups is 2. The number of amides is 3. The Labute approximate surface area is 110 Å². The van der Waals surface area contributed by atoms with E-state index in [1.54, 1.807) is 19.9 Å². The van der Waals surface area contributed by atoms with Crippen molar-refractivity contribution in [2.75, 3.05) is 5.32 Å². The van der Waals surface area contributed by atoms with E-state index < -0.39 is 18.0 Å². The van der Waals surface area contributed by atoms with Crippen LogP contribution in [-0.2, 0) is 4.79 Å². The third kappa shape index (κ3) is 4.27. The van der Waals surface area contributed by atoms with Crippen molar-refractivity contribution >= 4 is 17.6 Å². The van der Waals surface area contributed by atoms with Crippen LogP contribution in [0.2, 0.25) is 0 Å². The van der Waals surface area contributed by atoms with Gasteiger partial charge in [-0.3, -0.25) is 4.79 Å². The van der Waals surface area contributed by atoms with Gasteiger partial charge in [-0.15, -0.1) is 0 Å². The highest BCUT2D eigenvalue weighted by molar-refractivity contribution is 5.93. The summed E-state index contributed by atoms with van der Waals surface area (Å²) in [5.74, 6) is -0.703. The van der Waals surface area contributed by atoms with Gasteiger partial charge in [0.1, 0.15) is 17.8 Å². The maximum atomic E-state index is 11.7. The molecule has 0 aliphatic carbocycles. The number of carbonyl (C=O) groups excluding carboxylic acids is 2. The Hall–Kier alpha value is -2.62. The number of hydrogen-bond donors (Lipinski definition) is 3. The van der Waals surface area contributed by atoms with Gasteiger partial charge in [-0.05, 0) is 18.1 Å². The molecule has 0 saturated heterocycles. The van der Waals surface area contributed by atoms with E-state index in [9.17, 15) is 9.59 Å². The molecule has 4 N–H and O–H groups in total. The Morgan fingerprint density at radius 2 is 2.11 bits per heavy atom. The minimum Gasteiger partial charge on any atom is -0.368 e. The number of hydrogen-bond acceptors (Lipinski definition) is 4. The van der Waals surface area contributed by atoms with E-state index >= 15 is 0 Å². The molecule has 0 spiro atoms. The van der Waals surface area contributed by atoms with Crippen molar-refractivity contribution in [3.63, 3.8) is 0 Å². The molecular weight excluding hydrogens is 246 g/mol. The Bertz CT molecular complexity index is 504. The molecule has 1 aromatic rings. The van der Waals surface area contributed by atoms with Gasteiger partial charge in [0.2, 0.25) is 5.91 Å². The minimum absolute atomic E-state index is 0.109. The molecule has 0 fully saturated rings. The molecule has 0 aliphatic rings. The van der Waals surface area contributed by atoms with Crippen LogP contribution in [-0.4, -0.2) is 23.0 Å². The fraction of sp³-hybridized carbons (Fsp3) is 0.333. The first-order valence-corrected chi connectivity index (χ1v) is 5.67. The number of urea groups is 1. The largest absolute Gasteiger partial charge is 0.368 e. The second-order valence-corrected chi connectivity index (χ2v) is 4.27. The van der Waals surface area contributed by atoms with Crippen molar-refractivity contribution in [1.29, 1.82) is 5.26 Å². The van der Waals surface area contributed by atoms with Crippen LogP contribution in [0.15, 0.2) is 18.3 Å². The lowest BCUT2D eigenvalue weighted by Crippen LogP contribution is -2.49. The molecule has 0 aliphatic heterocycles. The van der Waals surface area contributed by atoms with E-state index in [-0.39, 0.29) is 11.6 Å². The Kier molecular flexibility index (Phi) is 4.83. The SMILES string of the molecule is CC(C)[C@H](NC(=O)Nc1ccc(C#N)nc1)C(N)=O. The zero-order chi connectivity index (χ0) is 14.4. The molecule has 1 heterocycles. The lowest BCUT2D eigenvalue weighted by Gasteiger charge is -2.19. The molecule has 0 radical (unpaired) electrons. The number of nitrogens with one attached hydrogen (secondary N) is 2. The van der Waals surface area contributed by atoms with Crippen molar-refractivity contribution in [3.05, 3.63) is 24.0 Å². The van der Waals surface area contributed by atoms with Crippen LogP contribution in [0.5, 0.6) is 0 Å². The first-order valence-electron chi connectivity index (χ1n) is 5.67. The van der Waals surface area contributed by atoms with Gasteiger partial charge in [0.25, 0.3) is 0 Å². The topological polar surface area (TPSA) is 121 Å². The van der Waals surface area contributed by atoms with E-state index in [1.165, 1.54) is 12.3 Å². The summed E-state index contributed by atoms with van der Waals surface area (Å²) < 4.78 is 0. The standard InChI is InChI=1S/C12H15N5O2/c1-7(2)10(11(14)18)17-12(19)16-9-4-3-8(5-13)15-6-9/h3-4,6-7,10H,1-2H3,(H2,14,18)(H2,16,17,19)/t10-/m0/s1. The number of rotatable bonds is 4. The number of aromatic nitrogens is 1. The van der Waals surface area contributed by atoms with Crippen molar-refractivity contribution in [2.24, 2.45) is 11.7 Å². The summed E-state index contributed by atoms with van der Waals surface area (Å²) in [6, 6.07) is 3.59. The summed E-state index contributed by atoms with van der Waals surface area (Å²) in [4.78, 5) is 26.6. The molecule has 1 aromatic heterocycles. The van der Waals surface area contributed by atoms with E-state index in [4.69, 9.17) is 11.0 Å². The van der Waals surface area contributed by atoms with Crippen LogP contribution in [0.3, 0.4) is 0 Å². The van der Waals surface area contributed by atoms with Crippen LogP contribution < -0.4 is 16.4 Å². The zero-order valence-corrected chi connectivity index (χ0v) is 10.7. The molecule has 7 heteroatoms. The number of nitriles is 1. The van der Waals surface area contributed by atoms with Gasteiger partial charge < -0.3 is 16.4 Å². The summed E-state index contributed by atoms with van der Waals surface area (Å²) in [5.41, 5.74) is 5.86. The molecule has 0 unspecified atom stereocenters. The molecular formula is C12H15N5O2. The second kappa shape index (κ2) is 6.35. The fourth-order valence-electron chi connectivity index (χ4n) is 1.41. The van der Waals surface area contributed by atoms with Gasteiger partial charge in [0.15, 0.2) is 0 Å². The lowest BCUT2D eigenvalue weighted by molar-refractivity contribution is -0.120. The van der Waals surface area contributed by atoms with Crippen LogP contribution in [0.4, 0.5) is 10.5 Å². The van der Waals surface area contributed by atoms with Gasteiger partial charge in [-0.25, -0.2) is 9.78 Å². The van der Waals surface area contributed by atoms with E-state index in [0.717, 1.165) is 0 Å². The summed E-state index contributed by atoms with van der Waals surface area (Å²) >= 11 is 0. The van der Waals surface area contributed by atoms with Crippen molar-refractivity contribution in [1.82, 2.24) is 10.3 Å². The summed E-state index contributed by atoms with van der Waals surface area (Å²) in [5, 5.41) is 13.6. The number of primary amides is 1. The second-order valence-electron chi connectivity index (χ2n) is 4.27.